The van der Waals surface area contributed by atoms with Gasteiger partial charge in [-0.25, -0.2) is 4.98 Å². The maximum Gasteiger partial charge on any atom is 0.257 e. The second-order valence-corrected chi connectivity index (χ2v) is 6.80. The summed E-state index contributed by atoms with van der Waals surface area (Å²) < 4.78 is 10.8. The predicted octanol–water partition coefficient (Wildman–Crippen LogP) is 1.99. The highest BCUT2D eigenvalue weighted by molar-refractivity contribution is 7.99. The molecule has 0 spiro atoms. The number of nitrogens with one attached hydrogen (secondary N) is 2. The first-order valence-corrected chi connectivity index (χ1v) is 9.30. The highest BCUT2D eigenvalue weighted by atomic mass is 32.2. The van der Waals surface area contributed by atoms with Crippen molar-refractivity contribution in [2.45, 2.75) is 17.5 Å². The molecule has 0 radical (unpaired) electrons. The summed E-state index contributed by atoms with van der Waals surface area (Å²) in [6.07, 6.45) is 10.6. The Morgan fingerprint density at radius 3 is 2.82 bits per heavy atom. The second kappa shape index (κ2) is 8.55. The minimum Gasteiger partial charge on any atom is -0.493 e. The first kappa shape index (κ1) is 19.4. The minimum atomic E-state index is -0.470. The summed E-state index contributed by atoms with van der Waals surface area (Å²) in [4.78, 5) is 32.0. The molecule has 1 atom stereocenters. The average Bonchev–Trinajstić information content (AvgIpc) is 2.69. The van der Waals surface area contributed by atoms with Crippen molar-refractivity contribution in [1.82, 2.24) is 9.97 Å². The van der Waals surface area contributed by atoms with Gasteiger partial charge in [0.2, 0.25) is 5.91 Å². The lowest BCUT2D eigenvalue weighted by Gasteiger charge is -2.25. The van der Waals surface area contributed by atoms with Crippen LogP contribution in [0.2, 0.25) is 0 Å². The Labute approximate surface area is 166 Å². The third-order valence-corrected chi connectivity index (χ3v) is 4.90. The number of nitrogens with zero attached hydrogens (tertiary/aromatic N) is 1. The summed E-state index contributed by atoms with van der Waals surface area (Å²) in [5.74, 6) is 5.71. The van der Waals surface area contributed by atoms with Crippen LogP contribution in [0.5, 0.6) is 11.5 Å². The molecular formula is C20H17N3O4S. The van der Waals surface area contributed by atoms with Crippen molar-refractivity contribution in [2.24, 2.45) is 0 Å². The van der Waals surface area contributed by atoms with Crippen LogP contribution < -0.4 is 20.3 Å². The number of terminal acetylenes is 2. The topological polar surface area (TPSA) is 93.3 Å². The van der Waals surface area contributed by atoms with Crippen molar-refractivity contribution in [3.8, 4) is 36.2 Å². The molecule has 1 aromatic heterocycles. The van der Waals surface area contributed by atoms with Crippen LogP contribution in [0.25, 0.3) is 0 Å². The van der Waals surface area contributed by atoms with Crippen LogP contribution in [-0.2, 0) is 4.79 Å². The van der Waals surface area contributed by atoms with E-state index in [-0.39, 0.29) is 30.3 Å². The van der Waals surface area contributed by atoms with Crippen LogP contribution in [0.3, 0.4) is 0 Å². The van der Waals surface area contributed by atoms with Gasteiger partial charge >= 0.3 is 0 Å². The van der Waals surface area contributed by atoms with Gasteiger partial charge in [-0.2, -0.15) is 0 Å². The molecule has 0 aliphatic carbocycles. The van der Waals surface area contributed by atoms with Crippen molar-refractivity contribution in [3.05, 3.63) is 39.7 Å². The first-order chi connectivity index (χ1) is 13.6. The number of benzene rings is 1. The molecule has 8 heteroatoms. The fourth-order valence-corrected chi connectivity index (χ4v) is 3.49. The highest BCUT2D eigenvalue weighted by Gasteiger charge is 2.31. The molecule has 1 amide bonds. The third-order valence-electron chi connectivity index (χ3n) is 4.12. The summed E-state index contributed by atoms with van der Waals surface area (Å²) in [5.41, 5.74) is 0.808. The van der Waals surface area contributed by atoms with E-state index in [2.05, 4.69) is 27.1 Å². The van der Waals surface area contributed by atoms with Gasteiger partial charge in [-0.05, 0) is 17.7 Å². The van der Waals surface area contributed by atoms with Crippen molar-refractivity contribution < 1.29 is 14.3 Å². The molecule has 0 bridgehead atoms. The molecular weight excluding hydrogens is 378 g/mol. The lowest BCUT2D eigenvalue weighted by atomic mass is 9.86. The number of ether oxygens (including phenoxy) is 2. The fraction of sp³-hybridized carbons (Fsp3) is 0.250. The molecule has 28 heavy (non-hydrogen) atoms. The Morgan fingerprint density at radius 1 is 1.29 bits per heavy atom. The second-order valence-electron chi connectivity index (χ2n) is 5.83. The van der Waals surface area contributed by atoms with Gasteiger partial charge in [-0.1, -0.05) is 29.7 Å². The van der Waals surface area contributed by atoms with Gasteiger partial charge in [0.25, 0.3) is 5.56 Å². The first-order valence-electron chi connectivity index (χ1n) is 8.32. The number of aromatic nitrogens is 2. The smallest absolute Gasteiger partial charge is 0.257 e. The van der Waals surface area contributed by atoms with Gasteiger partial charge < -0.3 is 19.8 Å². The van der Waals surface area contributed by atoms with Gasteiger partial charge in [0.1, 0.15) is 12.4 Å². The van der Waals surface area contributed by atoms with Gasteiger partial charge in [0.15, 0.2) is 16.7 Å². The van der Waals surface area contributed by atoms with Gasteiger partial charge in [0.05, 0.1) is 18.4 Å². The summed E-state index contributed by atoms with van der Waals surface area (Å²) in [6.45, 7) is 0.103. The van der Waals surface area contributed by atoms with Crippen molar-refractivity contribution >= 4 is 23.5 Å². The Morgan fingerprint density at radius 2 is 2.11 bits per heavy atom. The molecule has 0 fully saturated rings. The highest BCUT2D eigenvalue weighted by Crippen LogP contribution is 2.38. The van der Waals surface area contributed by atoms with E-state index in [9.17, 15) is 9.59 Å². The molecule has 0 saturated carbocycles. The Bertz CT molecular complexity index is 1050. The SMILES string of the molecule is C#CCOc1ccc(C2CC(=O)Nc3nc(SCC#C)[nH]c(=O)c32)cc1OC. The Balaban J connectivity index is 2.03. The number of hydrogen-bond donors (Lipinski definition) is 2. The number of hydrogen-bond acceptors (Lipinski definition) is 6. The zero-order valence-corrected chi connectivity index (χ0v) is 15.9. The molecule has 2 N–H and O–H groups in total. The van der Waals surface area contributed by atoms with Crippen LogP contribution in [0, 0.1) is 24.7 Å². The average molecular weight is 395 g/mol. The molecule has 142 valence electrons. The van der Waals surface area contributed by atoms with Crippen LogP contribution in [0.15, 0.2) is 28.2 Å². The molecule has 3 rings (SSSR count). The van der Waals surface area contributed by atoms with E-state index in [1.165, 1.54) is 18.9 Å². The lowest BCUT2D eigenvalue weighted by Crippen LogP contribution is -2.31. The number of fused-ring (bicyclic) bond motifs is 1. The number of carbonyl (C=O) groups is 1. The van der Waals surface area contributed by atoms with Crippen molar-refractivity contribution in [2.75, 3.05) is 24.8 Å². The third kappa shape index (κ3) is 3.98. The van der Waals surface area contributed by atoms with Crippen LogP contribution >= 0.6 is 11.8 Å². The number of rotatable bonds is 6. The summed E-state index contributed by atoms with van der Waals surface area (Å²) in [7, 11) is 1.51. The number of H-pyrrole nitrogens is 1. The summed E-state index contributed by atoms with van der Waals surface area (Å²) in [6, 6.07) is 5.22. The predicted molar refractivity (Wildman–Crippen MR) is 107 cm³/mol. The number of aromatic amines is 1. The number of thioether (sulfide) groups is 1. The van der Waals surface area contributed by atoms with Crippen LogP contribution in [0.1, 0.15) is 23.5 Å². The zero-order valence-electron chi connectivity index (χ0n) is 15.1. The van der Waals surface area contributed by atoms with Crippen molar-refractivity contribution in [3.63, 3.8) is 0 Å². The van der Waals surface area contributed by atoms with E-state index in [4.69, 9.17) is 22.3 Å². The lowest BCUT2D eigenvalue weighted by molar-refractivity contribution is -0.116. The van der Waals surface area contributed by atoms with E-state index < -0.39 is 5.92 Å². The van der Waals surface area contributed by atoms with Gasteiger partial charge in [-0.3, -0.25) is 9.59 Å². The Hall–Kier alpha value is -3.36. The molecule has 1 aromatic carbocycles. The molecule has 1 aliphatic heterocycles. The van der Waals surface area contributed by atoms with E-state index in [1.54, 1.807) is 18.2 Å². The molecule has 1 aliphatic rings. The minimum absolute atomic E-state index is 0.103. The van der Waals surface area contributed by atoms with Crippen LogP contribution in [0.4, 0.5) is 5.82 Å². The summed E-state index contributed by atoms with van der Waals surface area (Å²) in [5, 5.41) is 3.03. The number of methoxy groups -OCH3 is 1. The van der Waals surface area contributed by atoms with E-state index in [0.717, 1.165) is 5.56 Å². The van der Waals surface area contributed by atoms with Crippen LogP contribution in [-0.4, -0.2) is 35.3 Å². The monoisotopic (exact) mass is 395 g/mol. The van der Waals surface area contributed by atoms with Gasteiger partial charge in [0, 0.05) is 12.3 Å². The van der Waals surface area contributed by atoms with E-state index in [1.807, 2.05) is 0 Å². The Kier molecular flexibility index (Phi) is 5.93. The standard InChI is InChI=1S/C20H17N3O4S/c1-4-8-27-14-7-6-12(10-15(14)26-3)13-11-16(24)21-18-17(13)19(25)23-20(22-18)28-9-5-2/h1-2,6-7,10,13H,8-9,11H2,3H3,(H2,21,22,23,24,25). The van der Waals surface area contributed by atoms with Gasteiger partial charge in [-0.15, -0.1) is 12.8 Å². The number of amides is 1. The van der Waals surface area contributed by atoms with Crippen molar-refractivity contribution in [1.29, 1.82) is 0 Å². The van der Waals surface area contributed by atoms with E-state index in [0.29, 0.717) is 28.0 Å². The number of anilines is 1. The van der Waals surface area contributed by atoms with E-state index >= 15 is 0 Å². The molecule has 0 saturated heterocycles. The number of carbonyl (C=O) groups excluding carboxylic acids is 1. The maximum absolute atomic E-state index is 12.7. The quantitative estimate of drug-likeness (QED) is 0.441. The molecule has 2 heterocycles. The molecule has 7 nitrogen and oxygen atoms in total. The maximum atomic E-state index is 12.7. The zero-order chi connectivity index (χ0) is 20.1. The fourth-order valence-electron chi connectivity index (χ4n) is 2.95. The molecule has 2 aromatic rings. The largest absolute Gasteiger partial charge is 0.493 e. The molecule has 1 unspecified atom stereocenters. The normalized spacial score (nSPS) is 15.0. The summed E-state index contributed by atoms with van der Waals surface area (Å²) >= 11 is 1.21.